The average Bonchev–Trinajstić information content (AvgIpc) is 2.71. The molecule has 1 aromatic rings. The predicted octanol–water partition coefficient (Wildman–Crippen LogP) is 2.47. The molecule has 1 aromatic heterocycles. The number of ether oxygens (including phenoxy) is 2. The van der Waals surface area contributed by atoms with Crippen LogP contribution in [0.25, 0.3) is 0 Å². The van der Waals surface area contributed by atoms with Gasteiger partial charge in [-0.15, -0.1) is 11.3 Å². The quantitative estimate of drug-likeness (QED) is 0.582. The van der Waals surface area contributed by atoms with Crippen LogP contribution in [-0.2, 0) is 9.47 Å². The molecule has 0 aliphatic carbocycles. The monoisotopic (exact) mass is 272 g/mol. The zero-order valence-corrected chi connectivity index (χ0v) is 11.9. The first kappa shape index (κ1) is 14.9. The molecule has 102 valence electrons. The van der Waals surface area contributed by atoms with E-state index in [1.165, 1.54) is 11.3 Å². The number of hydrogen-bond acceptors (Lipinski definition) is 6. The summed E-state index contributed by atoms with van der Waals surface area (Å²) in [6.07, 6.45) is 0.918. The molecule has 0 atom stereocenters. The number of esters is 1. The van der Waals surface area contributed by atoms with Crippen LogP contribution in [0.3, 0.4) is 0 Å². The van der Waals surface area contributed by atoms with Gasteiger partial charge in [-0.25, -0.2) is 9.78 Å². The maximum Gasteiger partial charge on any atom is 0.358 e. The number of rotatable bonds is 8. The Balaban J connectivity index is 2.43. The maximum atomic E-state index is 11.6. The van der Waals surface area contributed by atoms with E-state index in [0.29, 0.717) is 12.3 Å². The Bertz CT molecular complexity index is 379. The second-order valence-electron chi connectivity index (χ2n) is 3.62. The summed E-state index contributed by atoms with van der Waals surface area (Å²) in [4.78, 5) is 16.7. The molecule has 0 amide bonds. The molecule has 0 saturated carbocycles. The number of aromatic nitrogens is 1. The van der Waals surface area contributed by atoms with Crippen LogP contribution in [0.2, 0.25) is 0 Å². The van der Waals surface area contributed by atoms with Gasteiger partial charge in [0.15, 0.2) is 10.8 Å². The Kier molecular flexibility index (Phi) is 6.67. The van der Waals surface area contributed by atoms with Gasteiger partial charge in [0.2, 0.25) is 0 Å². The van der Waals surface area contributed by atoms with Gasteiger partial charge in [-0.1, -0.05) is 0 Å². The van der Waals surface area contributed by atoms with Gasteiger partial charge >= 0.3 is 5.97 Å². The number of hydrogen-bond donors (Lipinski definition) is 1. The second kappa shape index (κ2) is 8.05. The Morgan fingerprint density at radius 1 is 1.39 bits per heavy atom. The fourth-order valence-corrected chi connectivity index (χ4v) is 2.20. The summed E-state index contributed by atoms with van der Waals surface area (Å²) in [5, 5.41) is 3.94. The van der Waals surface area contributed by atoms with Crippen molar-refractivity contribution in [1.82, 2.24) is 4.98 Å². The molecule has 0 spiro atoms. The van der Waals surface area contributed by atoms with Crippen LogP contribution in [0.4, 0.5) is 5.13 Å². The maximum absolute atomic E-state index is 11.6. The SMILES string of the molecule is CCOCCCNc1nc(C(=O)OCC)c(C)s1. The third-order valence-electron chi connectivity index (χ3n) is 2.21. The zero-order valence-electron chi connectivity index (χ0n) is 11.1. The van der Waals surface area contributed by atoms with Crippen LogP contribution in [0, 0.1) is 6.92 Å². The summed E-state index contributed by atoms with van der Waals surface area (Å²) in [5.74, 6) is -0.353. The van der Waals surface area contributed by atoms with Gasteiger partial charge < -0.3 is 14.8 Å². The number of carbonyl (C=O) groups excluding carboxylic acids is 1. The van der Waals surface area contributed by atoms with Crippen molar-refractivity contribution in [2.24, 2.45) is 0 Å². The minimum atomic E-state index is -0.353. The standard InChI is InChI=1S/C12H20N2O3S/c1-4-16-8-6-7-13-12-14-10(9(3)18-12)11(15)17-5-2/h4-8H2,1-3H3,(H,13,14). The topological polar surface area (TPSA) is 60.5 Å². The Labute approximate surface area is 112 Å². The van der Waals surface area contributed by atoms with Crippen molar-refractivity contribution in [2.45, 2.75) is 27.2 Å². The molecule has 0 aliphatic rings. The smallest absolute Gasteiger partial charge is 0.358 e. The molecule has 1 heterocycles. The van der Waals surface area contributed by atoms with E-state index in [-0.39, 0.29) is 5.97 Å². The lowest BCUT2D eigenvalue weighted by atomic mass is 10.4. The molecule has 0 aliphatic heterocycles. The molecular formula is C12H20N2O3S. The first-order chi connectivity index (χ1) is 8.69. The van der Waals surface area contributed by atoms with Gasteiger partial charge in [-0.05, 0) is 27.2 Å². The van der Waals surface area contributed by atoms with E-state index in [9.17, 15) is 4.79 Å². The van der Waals surface area contributed by atoms with Crippen LogP contribution in [0.5, 0.6) is 0 Å². The summed E-state index contributed by atoms with van der Waals surface area (Å²) in [7, 11) is 0. The molecule has 5 nitrogen and oxygen atoms in total. The summed E-state index contributed by atoms with van der Waals surface area (Å²) in [5.41, 5.74) is 0.411. The van der Waals surface area contributed by atoms with E-state index >= 15 is 0 Å². The molecule has 18 heavy (non-hydrogen) atoms. The van der Waals surface area contributed by atoms with Crippen molar-refractivity contribution in [3.63, 3.8) is 0 Å². The molecule has 0 bridgehead atoms. The third kappa shape index (κ3) is 4.62. The first-order valence-electron chi connectivity index (χ1n) is 6.15. The van der Waals surface area contributed by atoms with Gasteiger partial charge in [0.1, 0.15) is 0 Å². The van der Waals surface area contributed by atoms with Crippen LogP contribution in [0.1, 0.15) is 35.6 Å². The van der Waals surface area contributed by atoms with Crippen LogP contribution >= 0.6 is 11.3 Å². The van der Waals surface area contributed by atoms with Crippen molar-refractivity contribution in [1.29, 1.82) is 0 Å². The number of anilines is 1. The molecular weight excluding hydrogens is 252 g/mol. The third-order valence-corrected chi connectivity index (χ3v) is 3.14. The number of nitrogens with zero attached hydrogens (tertiary/aromatic N) is 1. The highest BCUT2D eigenvalue weighted by Crippen LogP contribution is 2.22. The lowest BCUT2D eigenvalue weighted by Gasteiger charge is -2.02. The largest absolute Gasteiger partial charge is 0.461 e. The minimum absolute atomic E-state index is 0.353. The molecule has 0 radical (unpaired) electrons. The fourth-order valence-electron chi connectivity index (χ4n) is 1.37. The number of thiazole rings is 1. The number of aryl methyl sites for hydroxylation is 1. The Morgan fingerprint density at radius 2 is 2.17 bits per heavy atom. The minimum Gasteiger partial charge on any atom is -0.461 e. The normalized spacial score (nSPS) is 10.4. The van der Waals surface area contributed by atoms with Gasteiger partial charge in [0, 0.05) is 24.6 Å². The lowest BCUT2D eigenvalue weighted by molar-refractivity contribution is 0.0519. The zero-order chi connectivity index (χ0) is 13.4. The molecule has 0 fully saturated rings. The molecule has 0 saturated heterocycles. The van der Waals surface area contributed by atoms with E-state index in [1.807, 2.05) is 13.8 Å². The summed E-state index contributed by atoms with van der Waals surface area (Å²) >= 11 is 1.47. The predicted molar refractivity (Wildman–Crippen MR) is 72.4 cm³/mol. The highest BCUT2D eigenvalue weighted by atomic mass is 32.1. The lowest BCUT2D eigenvalue weighted by Crippen LogP contribution is -2.08. The van der Waals surface area contributed by atoms with E-state index in [0.717, 1.165) is 36.2 Å². The highest BCUT2D eigenvalue weighted by Gasteiger charge is 2.15. The molecule has 0 aromatic carbocycles. The van der Waals surface area contributed by atoms with Crippen molar-refractivity contribution < 1.29 is 14.3 Å². The van der Waals surface area contributed by atoms with Gasteiger partial charge in [0.05, 0.1) is 6.61 Å². The summed E-state index contributed by atoms with van der Waals surface area (Å²) in [6, 6.07) is 0. The van der Waals surface area contributed by atoms with E-state index in [2.05, 4.69) is 10.3 Å². The Morgan fingerprint density at radius 3 is 2.83 bits per heavy atom. The molecule has 1 rings (SSSR count). The van der Waals surface area contributed by atoms with Crippen molar-refractivity contribution in [3.8, 4) is 0 Å². The van der Waals surface area contributed by atoms with Gasteiger partial charge in [-0.2, -0.15) is 0 Å². The van der Waals surface area contributed by atoms with E-state index < -0.39 is 0 Å². The molecule has 1 N–H and O–H groups in total. The second-order valence-corrected chi connectivity index (χ2v) is 4.82. The number of carbonyl (C=O) groups is 1. The number of nitrogens with one attached hydrogen (secondary N) is 1. The Hall–Kier alpha value is -1.14. The first-order valence-corrected chi connectivity index (χ1v) is 6.96. The van der Waals surface area contributed by atoms with E-state index in [1.54, 1.807) is 6.92 Å². The fraction of sp³-hybridized carbons (Fsp3) is 0.667. The summed E-state index contributed by atoms with van der Waals surface area (Å²) < 4.78 is 10.2. The summed E-state index contributed by atoms with van der Waals surface area (Å²) in [6.45, 7) is 8.26. The van der Waals surface area contributed by atoms with Crippen LogP contribution in [-0.4, -0.2) is 37.3 Å². The molecule has 0 unspecified atom stereocenters. The van der Waals surface area contributed by atoms with Crippen LogP contribution in [0.15, 0.2) is 0 Å². The van der Waals surface area contributed by atoms with Gasteiger partial charge in [-0.3, -0.25) is 0 Å². The van der Waals surface area contributed by atoms with E-state index in [4.69, 9.17) is 9.47 Å². The van der Waals surface area contributed by atoms with Crippen molar-refractivity contribution in [3.05, 3.63) is 10.6 Å². The van der Waals surface area contributed by atoms with Crippen molar-refractivity contribution >= 4 is 22.4 Å². The molecule has 6 heteroatoms. The van der Waals surface area contributed by atoms with Crippen LogP contribution < -0.4 is 5.32 Å². The highest BCUT2D eigenvalue weighted by molar-refractivity contribution is 7.15. The van der Waals surface area contributed by atoms with Crippen molar-refractivity contribution in [2.75, 3.05) is 31.7 Å². The average molecular weight is 272 g/mol. The van der Waals surface area contributed by atoms with Gasteiger partial charge in [0.25, 0.3) is 0 Å².